The molecule has 0 radical (unpaired) electrons. The summed E-state index contributed by atoms with van der Waals surface area (Å²) in [5.41, 5.74) is 23.2. The Balaban J connectivity index is 1.06. The molecule has 11 aromatic carbocycles. The van der Waals surface area contributed by atoms with Gasteiger partial charge in [-0.25, -0.2) is 0 Å². The van der Waals surface area contributed by atoms with Crippen molar-refractivity contribution in [2.24, 2.45) is 0 Å². The molecule has 318 valence electrons. The van der Waals surface area contributed by atoms with E-state index in [4.69, 9.17) is 0 Å². The third-order valence-electron chi connectivity index (χ3n) is 14.9. The van der Waals surface area contributed by atoms with Crippen LogP contribution < -0.4 is 9.80 Å². The van der Waals surface area contributed by atoms with Crippen LogP contribution in [0.2, 0.25) is 0 Å². The highest BCUT2D eigenvalue weighted by molar-refractivity contribution is 6.13. The molecule has 0 bridgehead atoms. The summed E-state index contributed by atoms with van der Waals surface area (Å²) in [5.74, 6) is 0.130. The van der Waals surface area contributed by atoms with Crippen LogP contribution in [-0.2, 0) is 5.41 Å². The monoisotopic (exact) mass is 864 g/mol. The van der Waals surface area contributed by atoms with E-state index in [0.717, 1.165) is 28.4 Å². The van der Waals surface area contributed by atoms with E-state index in [0.29, 0.717) is 0 Å². The van der Waals surface area contributed by atoms with E-state index in [1.165, 1.54) is 88.8 Å². The van der Waals surface area contributed by atoms with Crippen LogP contribution in [0.3, 0.4) is 0 Å². The van der Waals surface area contributed by atoms with Gasteiger partial charge in [-0.1, -0.05) is 200 Å². The maximum absolute atomic E-state index is 2.57. The normalized spacial score (nSPS) is 15.6. The maximum atomic E-state index is 2.57. The molecule has 0 saturated carbocycles. The fourth-order valence-corrected chi connectivity index (χ4v) is 12.3. The van der Waals surface area contributed by atoms with E-state index in [1.807, 2.05) is 0 Å². The number of hydrogen-bond donors (Lipinski definition) is 0. The van der Waals surface area contributed by atoms with Crippen LogP contribution in [0.1, 0.15) is 44.9 Å². The maximum Gasteiger partial charge on any atom is 0.0726 e. The molecule has 0 saturated heterocycles. The second kappa shape index (κ2) is 15.2. The SMILES string of the molecule is c1ccc(C2c3ccccc3-c3c2cccc3N(c2ccccc2)c2cc3c(c4ccccc24)-c2ccccc2C32c3ccccc3-c3cc(N(c4ccccc4)c4ccccc4)ccc32)cc1. The van der Waals surface area contributed by atoms with Crippen LogP contribution >= 0.6 is 0 Å². The smallest absolute Gasteiger partial charge is 0.0726 e. The van der Waals surface area contributed by atoms with Crippen LogP contribution in [0, 0.1) is 0 Å². The Morgan fingerprint density at radius 1 is 0.279 bits per heavy atom. The minimum atomic E-state index is -0.578. The lowest BCUT2D eigenvalue weighted by Crippen LogP contribution is -2.26. The molecular weight excluding hydrogens is 821 g/mol. The summed E-state index contributed by atoms with van der Waals surface area (Å²) in [5, 5.41) is 2.47. The molecule has 0 fully saturated rings. The van der Waals surface area contributed by atoms with Crippen molar-refractivity contribution in [1.82, 2.24) is 0 Å². The Morgan fingerprint density at radius 3 is 1.49 bits per heavy atom. The Morgan fingerprint density at radius 2 is 0.794 bits per heavy atom. The molecule has 0 amide bonds. The molecule has 0 aromatic heterocycles. The van der Waals surface area contributed by atoms with Crippen molar-refractivity contribution in [3.8, 4) is 33.4 Å². The lowest BCUT2D eigenvalue weighted by Gasteiger charge is -2.34. The number of hydrogen-bond acceptors (Lipinski definition) is 2. The van der Waals surface area contributed by atoms with Gasteiger partial charge in [0.15, 0.2) is 0 Å². The first-order valence-corrected chi connectivity index (χ1v) is 23.7. The van der Waals surface area contributed by atoms with Crippen molar-refractivity contribution in [2.75, 3.05) is 9.80 Å². The van der Waals surface area contributed by atoms with Crippen molar-refractivity contribution in [1.29, 1.82) is 0 Å². The molecule has 2 unspecified atom stereocenters. The fraction of sp³-hybridized carbons (Fsp3) is 0.0303. The summed E-state index contributed by atoms with van der Waals surface area (Å²) in [4.78, 5) is 4.94. The summed E-state index contributed by atoms with van der Waals surface area (Å²) >= 11 is 0. The molecule has 11 aromatic rings. The lowest BCUT2D eigenvalue weighted by molar-refractivity contribution is 0.794. The molecule has 0 aliphatic heterocycles. The van der Waals surface area contributed by atoms with Crippen LogP contribution in [0.5, 0.6) is 0 Å². The topological polar surface area (TPSA) is 6.48 Å². The molecule has 3 aliphatic rings. The first-order valence-electron chi connectivity index (χ1n) is 23.7. The first kappa shape index (κ1) is 38.5. The number of para-hydroxylation sites is 3. The number of anilines is 6. The quantitative estimate of drug-likeness (QED) is 0.157. The highest BCUT2D eigenvalue weighted by Gasteiger charge is 2.52. The largest absolute Gasteiger partial charge is 0.310 e. The standard InChI is InChI=1S/C66H44N2/c1-5-22-44(23-6-1)63-52-33-15-16-34-53(52)65-55(63)36-21-39-61(65)68(47-28-11-4-12-29-47)62-43-60-64(51-32-14-13-31-50(51)62)54-35-18-20-38-58(54)66(60)57-37-19-17-30-49(57)56-42-48(40-41-59(56)66)67(45-24-7-2-8-25-45)46-26-9-3-10-27-46/h1-43,63H. The van der Waals surface area contributed by atoms with Crippen LogP contribution in [-0.4, -0.2) is 0 Å². The van der Waals surface area contributed by atoms with Gasteiger partial charge in [0, 0.05) is 39.6 Å². The zero-order valence-electron chi connectivity index (χ0n) is 37.3. The number of nitrogens with zero attached hydrogens (tertiary/aromatic N) is 2. The zero-order valence-corrected chi connectivity index (χ0v) is 37.3. The van der Waals surface area contributed by atoms with E-state index >= 15 is 0 Å². The summed E-state index contributed by atoms with van der Waals surface area (Å²) in [6.07, 6.45) is 0. The molecule has 0 heterocycles. The van der Waals surface area contributed by atoms with Crippen molar-refractivity contribution >= 4 is 44.9 Å². The minimum absolute atomic E-state index is 0.130. The van der Waals surface area contributed by atoms with Gasteiger partial charge in [0.2, 0.25) is 0 Å². The molecule has 3 aliphatic carbocycles. The summed E-state index contributed by atoms with van der Waals surface area (Å²) in [6.45, 7) is 0. The average molecular weight is 865 g/mol. The molecule has 68 heavy (non-hydrogen) atoms. The second-order valence-corrected chi connectivity index (χ2v) is 18.3. The van der Waals surface area contributed by atoms with E-state index in [2.05, 4.69) is 271 Å². The van der Waals surface area contributed by atoms with E-state index in [1.54, 1.807) is 0 Å². The Labute approximate surface area is 397 Å². The fourth-order valence-electron chi connectivity index (χ4n) is 12.3. The van der Waals surface area contributed by atoms with Crippen molar-refractivity contribution < 1.29 is 0 Å². The summed E-state index contributed by atoms with van der Waals surface area (Å²) in [6, 6.07) is 96.8. The van der Waals surface area contributed by atoms with Crippen LogP contribution in [0.4, 0.5) is 34.1 Å². The third kappa shape index (κ3) is 5.46. The van der Waals surface area contributed by atoms with Gasteiger partial charge < -0.3 is 9.80 Å². The highest BCUT2D eigenvalue weighted by atomic mass is 15.2. The second-order valence-electron chi connectivity index (χ2n) is 18.3. The number of rotatable bonds is 7. The van der Waals surface area contributed by atoms with Crippen molar-refractivity contribution in [2.45, 2.75) is 11.3 Å². The van der Waals surface area contributed by atoms with Gasteiger partial charge in [-0.3, -0.25) is 0 Å². The number of benzene rings is 11. The van der Waals surface area contributed by atoms with Crippen LogP contribution in [0.15, 0.2) is 261 Å². The van der Waals surface area contributed by atoms with Gasteiger partial charge in [0.05, 0.1) is 16.8 Å². The Bertz CT molecular complexity index is 3710. The molecule has 0 N–H and O–H groups in total. The van der Waals surface area contributed by atoms with Crippen molar-refractivity contribution in [3.05, 3.63) is 300 Å². The summed E-state index contributed by atoms with van der Waals surface area (Å²) < 4.78 is 0. The van der Waals surface area contributed by atoms with E-state index in [-0.39, 0.29) is 5.92 Å². The average Bonchev–Trinajstić information content (AvgIpc) is 4.02. The molecule has 2 heteroatoms. The van der Waals surface area contributed by atoms with Gasteiger partial charge in [-0.05, 0) is 133 Å². The Kier molecular flexibility index (Phi) is 8.60. The summed E-state index contributed by atoms with van der Waals surface area (Å²) in [7, 11) is 0. The molecule has 2 atom stereocenters. The van der Waals surface area contributed by atoms with Crippen molar-refractivity contribution in [3.63, 3.8) is 0 Å². The molecular formula is C66H44N2. The van der Waals surface area contributed by atoms with Gasteiger partial charge in [0.25, 0.3) is 0 Å². The predicted molar refractivity (Wildman–Crippen MR) is 282 cm³/mol. The predicted octanol–water partition coefficient (Wildman–Crippen LogP) is 17.3. The first-order chi connectivity index (χ1) is 33.8. The Hall–Kier alpha value is -8.72. The van der Waals surface area contributed by atoms with Gasteiger partial charge in [-0.15, -0.1) is 0 Å². The molecule has 1 spiro atoms. The van der Waals surface area contributed by atoms with Gasteiger partial charge >= 0.3 is 0 Å². The van der Waals surface area contributed by atoms with E-state index < -0.39 is 5.41 Å². The molecule has 2 nitrogen and oxygen atoms in total. The van der Waals surface area contributed by atoms with Gasteiger partial charge in [-0.2, -0.15) is 0 Å². The van der Waals surface area contributed by atoms with E-state index in [9.17, 15) is 0 Å². The molecule has 14 rings (SSSR count). The highest BCUT2D eigenvalue weighted by Crippen LogP contribution is 2.66. The third-order valence-corrected chi connectivity index (χ3v) is 14.9. The number of fused-ring (bicyclic) bond motifs is 15. The van der Waals surface area contributed by atoms with Gasteiger partial charge in [0.1, 0.15) is 0 Å². The zero-order chi connectivity index (χ0) is 44.8. The minimum Gasteiger partial charge on any atom is -0.310 e. The van der Waals surface area contributed by atoms with Crippen LogP contribution in [0.25, 0.3) is 44.2 Å². The lowest BCUT2D eigenvalue weighted by atomic mass is 9.70.